The van der Waals surface area contributed by atoms with Gasteiger partial charge >= 0.3 is 0 Å². The molecule has 0 spiro atoms. The van der Waals surface area contributed by atoms with Crippen molar-refractivity contribution in [3.8, 4) is 0 Å². The van der Waals surface area contributed by atoms with Crippen LogP contribution >= 0.6 is 0 Å². The molecule has 2 nitrogen and oxygen atoms in total. The van der Waals surface area contributed by atoms with Gasteiger partial charge in [0.2, 0.25) is 0 Å². The Balaban J connectivity index is 1.92. The highest BCUT2D eigenvalue weighted by Crippen LogP contribution is 2.33. The lowest BCUT2D eigenvalue weighted by Crippen LogP contribution is -2.48. The Labute approximate surface area is 106 Å². The van der Waals surface area contributed by atoms with Crippen molar-refractivity contribution in [2.75, 3.05) is 13.2 Å². The Morgan fingerprint density at radius 1 is 1.12 bits per heavy atom. The maximum absolute atomic E-state index is 9.21. The molecule has 0 bridgehead atoms. The minimum absolute atomic E-state index is 0.366. The largest absolute Gasteiger partial charge is 0.396 e. The van der Waals surface area contributed by atoms with Crippen LogP contribution in [0.1, 0.15) is 64.7 Å². The van der Waals surface area contributed by atoms with Crippen molar-refractivity contribution >= 4 is 0 Å². The molecule has 1 aliphatic heterocycles. The number of piperidine rings is 1. The van der Waals surface area contributed by atoms with E-state index in [1.165, 1.54) is 57.9 Å². The zero-order valence-electron chi connectivity index (χ0n) is 11.4. The standard InChI is InChI=1S/C15H29NO/c1-2-13-6-5-8-15(12-13)16-10-4-3-7-14(16)9-11-17/h13-15,17H,2-12H2,1H3. The third-order valence-corrected chi connectivity index (χ3v) is 4.94. The molecule has 100 valence electrons. The van der Waals surface area contributed by atoms with E-state index < -0.39 is 0 Å². The first kappa shape index (κ1) is 13.4. The molecule has 3 atom stereocenters. The summed E-state index contributed by atoms with van der Waals surface area (Å²) < 4.78 is 0. The fraction of sp³-hybridized carbons (Fsp3) is 1.00. The fourth-order valence-electron chi connectivity index (χ4n) is 3.90. The van der Waals surface area contributed by atoms with E-state index >= 15 is 0 Å². The molecule has 2 fully saturated rings. The van der Waals surface area contributed by atoms with E-state index in [4.69, 9.17) is 0 Å². The van der Waals surface area contributed by atoms with Gasteiger partial charge in [-0.05, 0) is 44.6 Å². The third-order valence-electron chi connectivity index (χ3n) is 4.94. The molecule has 1 aliphatic carbocycles. The lowest BCUT2D eigenvalue weighted by molar-refractivity contribution is 0.0451. The van der Waals surface area contributed by atoms with Gasteiger partial charge in [-0.15, -0.1) is 0 Å². The van der Waals surface area contributed by atoms with Gasteiger partial charge in [-0.3, -0.25) is 4.90 Å². The summed E-state index contributed by atoms with van der Waals surface area (Å²) in [7, 11) is 0. The number of hydrogen-bond donors (Lipinski definition) is 1. The number of rotatable bonds is 4. The van der Waals surface area contributed by atoms with Crippen molar-refractivity contribution in [3.63, 3.8) is 0 Å². The van der Waals surface area contributed by atoms with Crippen LogP contribution < -0.4 is 0 Å². The first-order valence-electron chi connectivity index (χ1n) is 7.71. The molecule has 2 heteroatoms. The van der Waals surface area contributed by atoms with Crippen LogP contribution in [-0.4, -0.2) is 35.2 Å². The van der Waals surface area contributed by atoms with Gasteiger partial charge in [0.05, 0.1) is 0 Å². The smallest absolute Gasteiger partial charge is 0.0445 e. The van der Waals surface area contributed by atoms with E-state index in [0.717, 1.165) is 18.4 Å². The van der Waals surface area contributed by atoms with Gasteiger partial charge < -0.3 is 5.11 Å². The van der Waals surface area contributed by atoms with Gasteiger partial charge in [0.1, 0.15) is 0 Å². The van der Waals surface area contributed by atoms with E-state index in [1.807, 2.05) is 0 Å². The summed E-state index contributed by atoms with van der Waals surface area (Å²) in [6, 6.07) is 1.50. The number of hydrogen-bond acceptors (Lipinski definition) is 2. The Morgan fingerprint density at radius 3 is 2.76 bits per heavy atom. The first-order valence-corrected chi connectivity index (χ1v) is 7.71. The average Bonchev–Trinajstić information content (AvgIpc) is 2.40. The Bertz CT molecular complexity index is 217. The third kappa shape index (κ3) is 3.45. The molecular formula is C15H29NO. The summed E-state index contributed by atoms with van der Waals surface area (Å²) in [5.74, 6) is 0.963. The predicted molar refractivity (Wildman–Crippen MR) is 72.1 cm³/mol. The zero-order valence-corrected chi connectivity index (χ0v) is 11.4. The normalized spacial score (nSPS) is 36.0. The predicted octanol–water partition coefficient (Wildman–Crippen LogP) is 3.19. The van der Waals surface area contributed by atoms with E-state index in [-0.39, 0.29) is 0 Å². The van der Waals surface area contributed by atoms with Crippen LogP contribution in [0.2, 0.25) is 0 Å². The summed E-state index contributed by atoms with van der Waals surface area (Å²) in [5.41, 5.74) is 0. The minimum Gasteiger partial charge on any atom is -0.396 e. The lowest BCUT2D eigenvalue weighted by atomic mass is 9.82. The molecule has 0 aromatic rings. The molecule has 3 unspecified atom stereocenters. The van der Waals surface area contributed by atoms with Crippen molar-refractivity contribution in [1.29, 1.82) is 0 Å². The Kier molecular flexibility index (Phi) is 5.30. The van der Waals surface area contributed by atoms with Gasteiger partial charge in [-0.25, -0.2) is 0 Å². The van der Waals surface area contributed by atoms with Crippen molar-refractivity contribution in [2.24, 2.45) is 5.92 Å². The van der Waals surface area contributed by atoms with E-state index in [2.05, 4.69) is 11.8 Å². The molecule has 0 radical (unpaired) electrons. The van der Waals surface area contributed by atoms with Crippen LogP contribution in [-0.2, 0) is 0 Å². The summed E-state index contributed by atoms with van der Waals surface area (Å²) in [5, 5.41) is 9.21. The van der Waals surface area contributed by atoms with Gasteiger partial charge in [0, 0.05) is 18.7 Å². The molecule has 0 aromatic carbocycles. The van der Waals surface area contributed by atoms with E-state index in [1.54, 1.807) is 0 Å². The second-order valence-electron chi connectivity index (χ2n) is 5.99. The van der Waals surface area contributed by atoms with Crippen molar-refractivity contribution < 1.29 is 5.11 Å². The summed E-state index contributed by atoms with van der Waals surface area (Å²) in [6.07, 6.45) is 12.1. The molecule has 17 heavy (non-hydrogen) atoms. The van der Waals surface area contributed by atoms with Crippen LogP contribution in [0, 0.1) is 5.92 Å². The molecule has 0 amide bonds. The van der Waals surface area contributed by atoms with Gasteiger partial charge in [-0.1, -0.05) is 32.6 Å². The topological polar surface area (TPSA) is 23.5 Å². The molecule has 2 aliphatic rings. The van der Waals surface area contributed by atoms with Crippen LogP contribution in [0.25, 0.3) is 0 Å². The van der Waals surface area contributed by atoms with Gasteiger partial charge in [0.25, 0.3) is 0 Å². The molecule has 1 saturated heterocycles. The summed E-state index contributed by atoms with van der Waals surface area (Å²) in [4.78, 5) is 2.75. The number of likely N-dealkylation sites (tertiary alicyclic amines) is 1. The van der Waals surface area contributed by atoms with Crippen molar-refractivity contribution in [2.45, 2.75) is 76.8 Å². The maximum Gasteiger partial charge on any atom is 0.0445 e. The molecular weight excluding hydrogens is 210 g/mol. The second-order valence-corrected chi connectivity index (χ2v) is 5.99. The Hall–Kier alpha value is -0.0800. The number of aliphatic hydroxyl groups is 1. The van der Waals surface area contributed by atoms with Crippen LogP contribution in [0.15, 0.2) is 0 Å². The molecule has 1 N–H and O–H groups in total. The lowest BCUT2D eigenvalue weighted by Gasteiger charge is -2.44. The molecule has 1 saturated carbocycles. The average molecular weight is 239 g/mol. The molecule has 0 aromatic heterocycles. The second kappa shape index (κ2) is 6.75. The van der Waals surface area contributed by atoms with Gasteiger partial charge in [0.15, 0.2) is 0 Å². The first-order chi connectivity index (χ1) is 8.35. The Morgan fingerprint density at radius 2 is 2.00 bits per heavy atom. The van der Waals surface area contributed by atoms with Crippen molar-refractivity contribution in [3.05, 3.63) is 0 Å². The highest BCUT2D eigenvalue weighted by molar-refractivity contribution is 4.86. The van der Waals surface area contributed by atoms with Crippen LogP contribution in [0.3, 0.4) is 0 Å². The maximum atomic E-state index is 9.21. The quantitative estimate of drug-likeness (QED) is 0.814. The SMILES string of the molecule is CCC1CCCC(N2CCCCC2CCO)C1. The highest BCUT2D eigenvalue weighted by atomic mass is 16.3. The van der Waals surface area contributed by atoms with Crippen molar-refractivity contribution in [1.82, 2.24) is 4.90 Å². The fourth-order valence-corrected chi connectivity index (χ4v) is 3.90. The van der Waals surface area contributed by atoms with E-state index in [9.17, 15) is 5.11 Å². The number of aliphatic hydroxyl groups excluding tert-OH is 1. The molecule has 2 rings (SSSR count). The van der Waals surface area contributed by atoms with Crippen LogP contribution in [0.5, 0.6) is 0 Å². The number of nitrogens with zero attached hydrogens (tertiary/aromatic N) is 1. The van der Waals surface area contributed by atoms with E-state index in [0.29, 0.717) is 12.6 Å². The zero-order chi connectivity index (χ0) is 12.1. The summed E-state index contributed by atoms with van der Waals surface area (Å²) in [6.45, 7) is 3.99. The minimum atomic E-state index is 0.366. The highest BCUT2D eigenvalue weighted by Gasteiger charge is 2.31. The monoisotopic (exact) mass is 239 g/mol. The van der Waals surface area contributed by atoms with Gasteiger partial charge in [-0.2, -0.15) is 0 Å². The molecule has 1 heterocycles. The van der Waals surface area contributed by atoms with Crippen LogP contribution in [0.4, 0.5) is 0 Å². The summed E-state index contributed by atoms with van der Waals surface area (Å²) >= 11 is 0.